The number of piperidine rings is 1. The van der Waals surface area contributed by atoms with Gasteiger partial charge in [-0.05, 0) is 18.2 Å². The number of para-hydroxylation sites is 1. The first kappa shape index (κ1) is 14.8. The summed E-state index contributed by atoms with van der Waals surface area (Å²) in [4.78, 5) is 14.1. The van der Waals surface area contributed by atoms with Gasteiger partial charge in [-0.1, -0.05) is 23.7 Å². The molecule has 0 aliphatic carbocycles. The van der Waals surface area contributed by atoms with E-state index in [1.807, 2.05) is 29.2 Å². The van der Waals surface area contributed by atoms with Crippen LogP contribution >= 0.6 is 11.6 Å². The van der Waals surface area contributed by atoms with Crippen molar-refractivity contribution in [2.24, 2.45) is 0 Å². The maximum atomic E-state index is 12.3. The number of likely N-dealkylation sites (tertiary alicyclic amines) is 1. The second kappa shape index (κ2) is 6.75. The molecular weight excluding hydrogens is 302 g/mol. The first-order chi connectivity index (χ1) is 10.7. The van der Waals surface area contributed by atoms with Crippen LogP contribution in [-0.4, -0.2) is 40.2 Å². The fourth-order valence-electron chi connectivity index (χ4n) is 2.50. The minimum atomic E-state index is -0.00825. The number of halogens is 1. The van der Waals surface area contributed by atoms with Crippen LogP contribution in [0.15, 0.2) is 42.7 Å². The molecule has 0 unspecified atom stereocenters. The molecule has 1 aliphatic heterocycles. The lowest BCUT2D eigenvalue weighted by atomic mass is 10.1. The van der Waals surface area contributed by atoms with Gasteiger partial charge in [-0.15, -0.1) is 0 Å². The van der Waals surface area contributed by atoms with E-state index in [9.17, 15) is 4.79 Å². The number of amides is 1. The topological polar surface area (TPSA) is 55.3 Å². The Hall–Kier alpha value is -2.14. The predicted molar refractivity (Wildman–Crippen MR) is 83.0 cm³/mol. The normalized spacial score (nSPS) is 15.6. The highest BCUT2D eigenvalue weighted by Gasteiger charge is 2.25. The quantitative estimate of drug-likeness (QED) is 0.873. The van der Waals surface area contributed by atoms with Crippen molar-refractivity contribution in [3.8, 4) is 5.75 Å². The lowest BCUT2D eigenvalue weighted by Crippen LogP contribution is -2.41. The van der Waals surface area contributed by atoms with E-state index in [0.717, 1.165) is 12.8 Å². The van der Waals surface area contributed by atoms with E-state index in [2.05, 4.69) is 10.2 Å². The zero-order valence-electron chi connectivity index (χ0n) is 12.0. The van der Waals surface area contributed by atoms with Crippen molar-refractivity contribution < 1.29 is 9.53 Å². The Morgan fingerprint density at radius 2 is 1.95 bits per heavy atom. The highest BCUT2D eigenvalue weighted by Crippen LogP contribution is 2.27. The van der Waals surface area contributed by atoms with E-state index in [0.29, 0.717) is 29.4 Å². The molecule has 0 spiro atoms. The maximum Gasteiger partial charge on any atom is 0.255 e. The van der Waals surface area contributed by atoms with E-state index in [1.54, 1.807) is 6.07 Å². The summed E-state index contributed by atoms with van der Waals surface area (Å²) in [6, 6.07) is 9.13. The van der Waals surface area contributed by atoms with Gasteiger partial charge in [0.25, 0.3) is 5.91 Å². The zero-order valence-corrected chi connectivity index (χ0v) is 12.7. The van der Waals surface area contributed by atoms with Crippen molar-refractivity contribution in [1.82, 2.24) is 15.1 Å². The van der Waals surface area contributed by atoms with Crippen LogP contribution in [0.5, 0.6) is 5.75 Å². The summed E-state index contributed by atoms with van der Waals surface area (Å²) in [5.74, 6) is 0.693. The lowest BCUT2D eigenvalue weighted by Gasteiger charge is -2.32. The van der Waals surface area contributed by atoms with Crippen LogP contribution in [0.2, 0.25) is 5.02 Å². The van der Waals surface area contributed by atoms with Gasteiger partial charge in [-0.3, -0.25) is 4.79 Å². The van der Waals surface area contributed by atoms with E-state index in [-0.39, 0.29) is 12.0 Å². The van der Waals surface area contributed by atoms with Gasteiger partial charge in [0.2, 0.25) is 0 Å². The molecule has 5 nitrogen and oxygen atoms in total. The minimum Gasteiger partial charge on any atom is -0.489 e. The monoisotopic (exact) mass is 317 g/mol. The molecule has 1 aromatic carbocycles. The molecule has 1 aromatic heterocycles. The number of benzene rings is 1. The van der Waals surface area contributed by atoms with E-state index >= 15 is 0 Å². The van der Waals surface area contributed by atoms with Crippen LogP contribution in [0.25, 0.3) is 0 Å². The summed E-state index contributed by atoms with van der Waals surface area (Å²) in [5.41, 5.74) is 0.570. The molecule has 0 bridgehead atoms. The number of aromatic nitrogens is 2. The lowest BCUT2D eigenvalue weighted by molar-refractivity contribution is 0.0595. The summed E-state index contributed by atoms with van der Waals surface area (Å²) >= 11 is 6.10. The Balaban J connectivity index is 1.57. The first-order valence-electron chi connectivity index (χ1n) is 7.21. The Bertz CT molecular complexity index is 643. The highest BCUT2D eigenvalue weighted by atomic mass is 35.5. The minimum absolute atomic E-state index is 0.00825. The van der Waals surface area contributed by atoms with Crippen molar-refractivity contribution >= 4 is 17.5 Å². The summed E-state index contributed by atoms with van der Waals surface area (Å²) in [6.07, 6.45) is 4.68. The summed E-state index contributed by atoms with van der Waals surface area (Å²) in [6.45, 7) is 1.33. The van der Waals surface area contributed by atoms with Gasteiger partial charge in [0.05, 0.1) is 23.0 Å². The van der Waals surface area contributed by atoms with Crippen LogP contribution in [0, 0.1) is 0 Å². The standard InChI is InChI=1S/C16H16ClN3O2/c17-14-3-1-2-4-15(14)22-13-6-9-20(10-7-13)16(21)12-5-8-18-19-11-12/h1-5,8,11,13H,6-7,9-10H2. The van der Waals surface area contributed by atoms with Gasteiger partial charge < -0.3 is 9.64 Å². The third kappa shape index (κ3) is 3.36. The smallest absolute Gasteiger partial charge is 0.255 e. The molecular formula is C16H16ClN3O2. The third-order valence-electron chi connectivity index (χ3n) is 3.69. The van der Waals surface area contributed by atoms with Crippen molar-refractivity contribution in [3.63, 3.8) is 0 Å². The third-order valence-corrected chi connectivity index (χ3v) is 4.00. The molecule has 1 saturated heterocycles. The fourth-order valence-corrected chi connectivity index (χ4v) is 2.68. The fraction of sp³-hybridized carbons (Fsp3) is 0.312. The molecule has 0 atom stereocenters. The van der Waals surface area contributed by atoms with Crippen LogP contribution in [0.1, 0.15) is 23.2 Å². The number of hydrogen-bond acceptors (Lipinski definition) is 4. The van der Waals surface area contributed by atoms with E-state index < -0.39 is 0 Å². The summed E-state index contributed by atoms with van der Waals surface area (Å²) < 4.78 is 5.93. The summed E-state index contributed by atoms with van der Waals surface area (Å²) in [5, 5.41) is 8.05. The molecule has 0 radical (unpaired) electrons. The molecule has 2 heterocycles. The van der Waals surface area contributed by atoms with E-state index in [1.165, 1.54) is 12.4 Å². The highest BCUT2D eigenvalue weighted by molar-refractivity contribution is 6.32. The Labute approximate surface area is 133 Å². The SMILES string of the molecule is O=C(c1ccnnc1)N1CCC(Oc2ccccc2Cl)CC1. The van der Waals surface area contributed by atoms with Gasteiger partial charge in [-0.2, -0.15) is 10.2 Å². The number of carbonyl (C=O) groups excluding carboxylic acids is 1. The molecule has 1 fully saturated rings. The van der Waals surface area contributed by atoms with Crippen molar-refractivity contribution in [1.29, 1.82) is 0 Å². The average Bonchev–Trinajstić information content (AvgIpc) is 2.58. The molecule has 22 heavy (non-hydrogen) atoms. The Morgan fingerprint density at radius 1 is 1.18 bits per heavy atom. The van der Waals surface area contributed by atoms with Gasteiger partial charge in [0.1, 0.15) is 11.9 Å². The number of ether oxygens (including phenoxy) is 1. The molecule has 2 aromatic rings. The Morgan fingerprint density at radius 3 is 2.64 bits per heavy atom. The van der Waals surface area contributed by atoms with Crippen LogP contribution in [0.3, 0.4) is 0 Å². The van der Waals surface area contributed by atoms with Crippen molar-refractivity contribution in [3.05, 3.63) is 53.3 Å². The number of nitrogens with zero attached hydrogens (tertiary/aromatic N) is 3. The molecule has 3 rings (SSSR count). The zero-order chi connectivity index (χ0) is 15.4. The molecule has 0 N–H and O–H groups in total. The number of hydrogen-bond donors (Lipinski definition) is 0. The second-order valence-corrected chi connectivity index (χ2v) is 5.58. The van der Waals surface area contributed by atoms with Crippen LogP contribution < -0.4 is 4.74 Å². The van der Waals surface area contributed by atoms with Crippen molar-refractivity contribution in [2.75, 3.05) is 13.1 Å². The molecule has 114 valence electrons. The first-order valence-corrected chi connectivity index (χ1v) is 7.59. The van der Waals surface area contributed by atoms with Gasteiger partial charge in [0.15, 0.2) is 0 Å². The maximum absolute atomic E-state index is 12.3. The van der Waals surface area contributed by atoms with E-state index in [4.69, 9.17) is 16.3 Å². The van der Waals surface area contributed by atoms with Crippen LogP contribution in [-0.2, 0) is 0 Å². The average molecular weight is 318 g/mol. The van der Waals surface area contributed by atoms with Gasteiger partial charge >= 0.3 is 0 Å². The molecule has 0 saturated carbocycles. The van der Waals surface area contributed by atoms with Gasteiger partial charge in [-0.25, -0.2) is 0 Å². The van der Waals surface area contributed by atoms with Crippen LogP contribution in [0.4, 0.5) is 0 Å². The molecule has 1 aliphatic rings. The molecule has 1 amide bonds. The predicted octanol–water partition coefficient (Wildman–Crippen LogP) is 2.81. The largest absolute Gasteiger partial charge is 0.489 e. The number of rotatable bonds is 3. The van der Waals surface area contributed by atoms with Crippen molar-refractivity contribution in [2.45, 2.75) is 18.9 Å². The summed E-state index contributed by atoms with van der Waals surface area (Å²) in [7, 11) is 0. The molecule has 6 heteroatoms. The van der Waals surface area contributed by atoms with Gasteiger partial charge in [0, 0.05) is 25.9 Å². The Kier molecular flexibility index (Phi) is 4.53. The number of carbonyl (C=O) groups is 1. The second-order valence-electron chi connectivity index (χ2n) is 5.17.